The molecule has 1 aliphatic carbocycles. The lowest BCUT2D eigenvalue weighted by atomic mass is 9.74. The van der Waals surface area contributed by atoms with Crippen LogP contribution in [-0.2, 0) is 11.4 Å². The molecule has 1 aromatic heterocycles. The number of hydrogen-bond acceptors (Lipinski definition) is 4. The maximum Gasteiger partial charge on any atom is 0.305 e. The van der Waals surface area contributed by atoms with Crippen LogP contribution in [0.3, 0.4) is 0 Å². The summed E-state index contributed by atoms with van der Waals surface area (Å²) in [5, 5.41) is 13.9. The molecule has 0 bridgehead atoms. The number of carbonyl (C=O) groups excluding carboxylic acids is 1. The van der Waals surface area contributed by atoms with E-state index in [4.69, 9.17) is 9.84 Å². The van der Waals surface area contributed by atoms with Gasteiger partial charge in [0.25, 0.3) is 5.91 Å². The van der Waals surface area contributed by atoms with Gasteiger partial charge in [0.15, 0.2) is 0 Å². The molecule has 0 spiro atoms. The summed E-state index contributed by atoms with van der Waals surface area (Å²) in [6.07, 6.45) is 2.32. The second-order valence-electron chi connectivity index (χ2n) is 6.05. The van der Waals surface area contributed by atoms with Crippen LogP contribution in [0.4, 0.5) is 0 Å². The van der Waals surface area contributed by atoms with Gasteiger partial charge in [0.05, 0.1) is 12.0 Å². The average molecular weight is 345 g/mol. The Balaban J connectivity index is 1.64. The third-order valence-corrected chi connectivity index (χ3v) is 5.09. The molecule has 1 saturated carbocycles. The SMILES string of the molecule is O=C(O)CC1(NC(=O)c2cccc(OCc3cccs3)c2)CCC1. The van der Waals surface area contributed by atoms with Gasteiger partial charge in [-0.3, -0.25) is 9.59 Å². The van der Waals surface area contributed by atoms with Gasteiger partial charge in [-0.2, -0.15) is 0 Å². The van der Waals surface area contributed by atoms with Crippen LogP contribution in [0.25, 0.3) is 0 Å². The Morgan fingerprint density at radius 1 is 1.25 bits per heavy atom. The lowest BCUT2D eigenvalue weighted by molar-refractivity contribution is -0.139. The van der Waals surface area contributed by atoms with Crippen molar-refractivity contribution in [3.8, 4) is 5.75 Å². The molecule has 1 amide bonds. The van der Waals surface area contributed by atoms with Gasteiger partial charge in [0.1, 0.15) is 12.4 Å². The number of benzene rings is 1. The molecule has 0 aliphatic heterocycles. The molecule has 126 valence electrons. The first-order valence-electron chi connectivity index (χ1n) is 7.86. The van der Waals surface area contributed by atoms with Crippen LogP contribution in [0, 0.1) is 0 Å². The van der Waals surface area contributed by atoms with E-state index in [-0.39, 0.29) is 12.3 Å². The summed E-state index contributed by atoms with van der Waals surface area (Å²) >= 11 is 1.62. The highest BCUT2D eigenvalue weighted by Crippen LogP contribution is 2.35. The largest absolute Gasteiger partial charge is 0.488 e. The van der Waals surface area contributed by atoms with Crippen LogP contribution in [0.5, 0.6) is 5.75 Å². The van der Waals surface area contributed by atoms with E-state index in [0.29, 0.717) is 30.8 Å². The first kappa shape index (κ1) is 16.5. The molecule has 1 aromatic carbocycles. The number of carboxylic acids is 1. The van der Waals surface area contributed by atoms with E-state index in [9.17, 15) is 9.59 Å². The second-order valence-corrected chi connectivity index (χ2v) is 7.09. The first-order valence-corrected chi connectivity index (χ1v) is 8.74. The maximum atomic E-state index is 12.5. The van der Waals surface area contributed by atoms with Gasteiger partial charge in [-0.1, -0.05) is 12.1 Å². The second kappa shape index (κ2) is 7.05. The van der Waals surface area contributed by atoms with E-state index in [1.54, 1.807) is 35.6 Å². The molecule has 1 aliphatic rings. The number of thiophene rings is 1. The highest BCUT2D eigenvalue weighted by Gasteiger charge is 2.40. The number of carboxylic acid groups (broad SMARTS) is 1. The summed E-state index contributed by atoms with van der Waals surface area (Å²) in [7, 11) is 0. The zero-order chi connectivity index (χ0) is 17.0. The van der Waals surface area contributed by atoms with Crippen LogP contribution >= 0.6 is 11.3 Å². The monoisotopic (exact) mass is 345 g/mol. The van der Waals surface area contributed by atoms with Crippen LogP contribution in [0.15, 0.2) is 41.8 Å². The summed E-state index contributed by atoms with van der Waals surface area (Å²) in [5.41, 5.74) is -0.119. The maximum absolute atomic E-state index is 12.5. The van der Waals surface area contributed by atoms with Crippen molar-refractivity contribution >= 4 is 23.2 Å². The lowest BCUT2D eigenvalue weighted by Crippen LogP contribution is -2.54. The standard InChI is InChI=1S/C18H19NO4S/c20-16(21)11-18(7-3-8-18)19-17(22)13-4-1-5-14(10-13)23-12-15-6-2-9-24-15/h1-2,4-6,9-10H,3,7-8,11-12H2,(H,19,22)(H,20,21). The van der Waals surface area contributed by atoms with Crippen LogP contribution in [-0.4, -0.2) is 22.5 Å². The lowest BCUT2D eigenvalue weighted by Gasteiger charge is -2.41. The zero-order valence-electron chi connectivity index (χ0n) is 13.2. The Labute approximate surface area is 144 Å². The smallest absolute Gasteiger partial charge is 0.305 e. The highest BCUT2D eigenvalue weighted by molar-refractivity contribution is 7.09. The van der Waals surface area contributed by atoms with Crippen molar-refractivity contribution in [2.45, 2.75) is 37.8 Å². The average Bonchev–Trinajstić information content (AvgIpc) is 3.04. The Hall–Kier alpha value is -2.34. The minimum atomic E-state index is -0.886. The molecule has 1 fully saturated rings. The molecule has 2 aromatic rings. The van der Waals surface area contributed by atoms with E-state index in [0.717, 1.165) is 11.3 Å². The molecule has 6 heteroatoms. The minimum absolute atomic E-state index is 0.0344. The van der Waals surface area contributed by atoms with Crippen molar-refractivity contribution in [1.82, 2.24) is 5.32 Å². The van der Waals surface area contributed by atoms with Gasteiger partial charge in [-0.05, 0) is 48.9 Å². The van der Waals surface area contributed by atoms with Gasteiger partial charge >= 0.3 is 5.97 Å². The number of amides is 1. The van der Waals surface area contributed by atoms with Crippen molar-refractivity contribution in [2.24, 2.45) is 0 Å². The van der Waals surface area contributed by atoms with E-state index in [1.165, 1.54) is 0 Å². The molecule has 24 heavy (non-hydrogen) atoms. The fourth-order valence-electron chi connectivity index (χ4n) is 2.83. The topological polar surface area (TPSA) is 75.6 Å². The molecule has 5 nitrogen and oxygen atoms in total. The summed E-state index contributed by atoms with van der Waals surface area (Å²) in [6, 6.07) is 10.9. The number of carbonyl (C=O) groups is 2. The van der Waals surface area contributed by atoms with Gasteiger partial charge in [-0.25, -0.2) is 0 Å². The Morgan fingerprint density at radius 2 is 2.08 bits per heavy atom. The summed E-state index contributed by atoms with van der Waals surface area (Å²) in [6.45, 7) is 0.464. The molecule has 0 radical (unpaired) electrons. The molecule has 0 atom stereocenters. The molecule has 1 heterocycles. The predicted octanol–water partition coefficient (Wildman–Crippen LogP) is 3.45. The number of rotatable bonds is 7. The van der Waals surface area contributed by atoms with Gasteiger partial charge in [0, 0.05) is 10.4 Å². The minimum Gasteiger partial charge on any atom is -0.488 e. The van der Waals surface area contributed by atoms with Crippen molar-refractivity contribution in [2.75, 3.05) is 0 Å². The first-order chi connectivity index (χ1) is 11.6. The quantitative estimate of drug-likeness (QED) is 0.806. The van der Waals surface area contributed by atoms with Gasteiger partial charge in [0.2, 0.25) is 0 Å². The Kier molecular flexibility index (Phi) is 4.85. The fraction of sp³-hybridized carbons (Fsp3) is 0.333. The van der Waals surface area contributed by atoms with E-state index in [1.807, 2.05) is 17.5 Å². The highest BCUT2D eigenvalue weighted by atomic mass is 32.1. The summed E-state index contributed by atoms with van der Waals surface area (Å²) < 4.78 is 5.71. The Morgan fingerprint density at radius 3 is 2.71 bits per heavy atom. The van der Waals surface area contributed by atoms with Gasteiger partial charge in [-0.15, -0.1) is 11.3 Å². The normalized spacial score (nSPS) is 15.3. The van der Waals surface area contributed by atoms with Crippen LogP contribution in [0.1, 0.15) is 40.9 Å². The molecular weight excluding hydrogens is 326 g/mol. The van der Waals surface area contributed by atoms with Crippen LogP contribution < -0.4 is 10.1 Å². The molecular formula is C18H19NO4S. The molecule has 2 N–H and O–H groups in total. The number of ether oxygens (including phenoxy) is 1. The zero-order valence-corrected chi connectivity index (χ0v) is 14.0. The van der Waals surface area contributed by atoms with E-state index in [2.05, 4.69) is 5.32 Å². The van der Waals surface area contributed by atoms with E-state index >= 15 is 0 Å². The van der Waals surface area contributed by atoms with E-state index < -0.39 is 11.5 Å². The fourth-order valence-corrected chi connectivity index (χ4v) is 3.44. The number of nitrogens with one attached hydrogen (secondary N) is 1. The molecule has 3 rings (SSSR count). The third kappa shape index (κ3) is 3.94. The van der Waals surface area contributed by atoms with Crippen molar-refractivity contribution in [1.29, 1.82) is 0 Å². The predicted molar refractivity (Wildman–Crippen MR) is 91.4 cm³/mol. The van der Waals surface area contributed by atoms with Crippen molar-refractivity contribution in [3.63, 3.8) is 0 Å². The van der Waals surface area contributed by atoms with Crippen molar-refractivity contribution < 1.29 is 19.4 Å². The Bertz CT molecular complexity index is 722. The van der Waals surface area contributed by atoms with Crippen molar-refractivity contribution in [3.05, 3.63) is 52.2 Å². The molecule has 0 unspecified atom stereocenters. The summed E-state index contributed by atoms with van der Waals surface area (Å²) in [4.78, 5) is 24.6. The van der Waals surface area contributed by atoms with Gasteiger partial charge < -0.3 is 15.2 Å². The van der Waals surface area contributed by atoms with Crippen LogP contribution in [0.2, 0.25) is 0 Å². The number of aliphatic carboxylic acids is 1. The summed E-state index contributed by atoms with van der Waals surface area (Å²) in [5.74, 6) is -0.516. The molecule has 0 saturated heterocycles. The third-order valence-electron chi connectivity index (χ3n) is 4.24. The number of hydrogen-bond donors (Lipinski definition) is 2.